The first-order valence-corrected chi connectivity index (χ1v) is 9.76. The normalized spacial score (nSPS) is 18.7. The van der Waals surface area contributed by atoms with Crippen LogP contribution in [0.3, 0.4) is 0 Å². The standard InChI is InChI=1S/C19H19N3OS2/c1-12-5-6-15-13(9-12)10-14(11-16-18(23)21-19(24)25-16)17(20-15)22-7-3-2-4-8-22/h5-6,9-11H,2-4,7-8H2,1H3,(H,21,23,24)/p+1. The number of piperidine rings is 1. The summed E-state index contributed by atoms with van der Waals surface area (Å²) >= 11 is 6.53. The molecule has 1 fully saturated rings. The van der Waals surface area contributed by atoms with Gasteiger partial charge in [-0.15, -0.1) is 11.3 Å². The van der Waals surface area contributed by atoms with E-state index in [1.54, 1.807) is 0 Å². The zero-order chi connectivity index (χ0) is 17.4. The van der Waals surface area contributed by atoms with Crippen molar-refractivity contribution in [1.29, 1.82) is 0 Å². The van der Waals surface area contributed by atoms with Crippen molar-refractivity contribution in [2.45, 2.75) is 26.2 Å². The second kappa shape index (κ2) is 6.69. The van der Waals surface area contributed by atoms with Crippen LogP contribution in [0.5, 0.6) is 5.88 Å². The van der Waals surface area contributed by atoms with Crippen LogP contribution in [0.1, 0.15) is 29.7 Å². The molecule has 0 amide bonds. The van der Waals surface area contributed by atoms with E-state index in [-0.39, 0.29) is 5.88 Å². The average molecular weight is 371 g/mol. The number of nitrogens with zero attached hydrogens (tertiary/aromatic N) is 2. The van der Waals surface area contributed by atoms with Gasteiger partial charge in [-0.25, -0.2) is 0 Å². The second-order valence-corrected chi connectivity index (χ2v) is 8.24. The third-order valence-corrected chi connectivity index (χ3v) is 5.75. The predicted molar refractivity (Wildman–Crippen MR) is 104 cm³/mol. The maximum atomic E-state index is 10.1. The fourth-order valence-electron chi connectivity index (χ4n) is 3.34. The van der Waals surface area contributed by atoms with Gasteiger partial charge in [-0.05, 0) is 67.7 Å². The summed E-state index contributed by atoms with van der Waals surface area (Å²) in [5.74, 6) is 1.12. The van der Waals surface area contributed by atoms with Crippen molar-refractivity contribution >= 4 is 41.5 Å². The summed E-state index contributed by atoms with van der Waals surface area (Å²) in [6, 6.07) is 6.33. The quantitative estimate of drug-likeness (QED) is 0.599. The molecule has 3 heterocycles. The number of benzene rings is 1. The van der Waals surface area contributed by atoms with Crippen molar-refractivity contribution < 1.29 is 9.68 Å². The van der Waals surface area contributed by atoms with Gasteiger partial charge in [0.2, 0.25) is 5.88 Å². The van der Waals surface area contributed by atoms with Crippen molar-refractivity contribution in [3.63, 3.8) is 0 Å². The number of aryl methyl sites for hydroxylation is 1. The highest BCUT2D eigenvalue weighted by Crippen LogP contribution is 2.25. The van der Waals surface area contributed by atoms with E-state index in [2.05, 4.69) is 40.8 Å². The number of rotatable bonds is 1. The lowest BCUT2D eigenvalue weighted by atomic mass is 10.1. The molecule has 0 spiro atoms. The molecule has 2 aliphatic heterocycles. The fraction of sp³-hybridized carbons (Fsp3) is 0.316. The van der Waals surface area contributed by atoms with Crippen molar-refractivity contribution in [3.05, 3.63) is 48.7 Å². The number of fused-ring (bicyclic) bond motifs is 1. The molecule has 0 saturated carbocycles. The van der Waals surface area contributed by atoms with Gasteiger partial charge in [-0.2, -0.15) is 0 Å². The molecule has 4 rings (SSSR count). The molecule has 6 heteroatoms. The van der Waals surface area contributed by atoms with Gasteiger partial charge in [0.15, 0.2) is 9.31 Å². The molecular formula is C19H20N3OS2+. The highest BCUT2D eigenvalue weighted by atomic mass is 32.1. The van der Waals surface area contributed by atoms with Crippen molar-refractivity contribution in [3.8, 4) is 5.88 Å². The van der Waals surface area contributed by atoms with Gasteiger partial charge in [-0.3, -0.25) is 4.58 Å². The van der Waals surface area contributed by atoms with Crippen LogP contribution in [-0.4, -0.2) is 33.6 Å². The lowest BCUT2D eigenvalue weighted by molar-refractivity contribution is -0.537. The first kappa shape index (κ1) is 16.4. The molecule has 1 aromatic carbocycles. The molecule has 0 unspecified atom stereocenters. The fourth-order valence-corrected chi connectivity index (χ4v) is 4.39. The summed E-state index contributed by atoms with van der Waals surface area (Å²) in [6.07, 6.45) is 7.83. The number of hydrogen-bond acceptors (Lipinski definition) is 3. The van der Waals surface area contributed by atoms with E-state index in [4.69, 9.17) is 17.2 Å². The minimum Gasteiger partial charge on any atom is -0.494 e. The summed E-state index contributed by atoms with van der Waals surface area (Å²) < 4.78 is 2.94. The molecule has 2 aromatic rings. The first-order chi connectivity index (χ1) is 12.1. The van der Waals surface area contributed by atoms with Gasteiger partial charge in [-0.1, -0.05) is 11.6 Å². The Morgan fingerprint density at radius 1 is 1.28 bits per heavy atom. The van der Waals surface area contributed by atoms with Crippen LogP contribution in [0.25, 0.3) is 12.2 Å². The number of aromatic amines is 1. The summed E-state index contributed by atoms with van der Waals surface area (Å²) in [7, 11) is 0. The van der Waals surface area contributed by atoms with Crippen LogP contribution >= 0.6 is 23.6 Å². The number of H-pyrrole nitrogens is 1. The SMILES string of the molecule is Cc1ccc2c(c1)=C/C(=C\c1sc(=S)[nH]c1O)C(=[N+]1CCCCC1)N=2. The van der Waals surface area contributed by atoms with Crippen LogP contribution in [0.4, 0.5) is 0 Å². The van der Waals surface area contributed by atoms with Gasteiger partial charge < -0.3 is 10.1 Å². The summed E-state index contributed by atoms with van der Waals surface area (Å²) in [6.45, 7) is 4.14. The summed E-state index contributed by atoms with van der Waals surface area (Å²) in [4.78, 5) is 8.50. The molecule has 0 bridgehead atoms. The highest BCUT2D eigenvalue weighted by molar-refractivity contribution is 7.73. The van der Waals surface area contributed by atoms with E-state index in [1.165, 1.54) is 36.2 Å². The molecule has 1 saturated heterocycles. The lowest BCUT2D eigenvalue weighted by Gasteiger charge is -2.15. The Bertz CT molecular complexity index is 1060. The molecule has 0 radical (unpaired) electrons. The Kier molecular flexibility index (Phi) is 4.39. The Morgan fingerprint density at radius 3 is 2.80 bits per heavy atom. The average Bonchev–Trinajstić information content (AvgIpc) is 2.92. The van der Waals surface area contributed by atoms with Crippen molar-refractivity contribution in [2.75, 3.05) is 13.1 Å². The monoisotopic (exact) mass is 370 g/mol. The molecule has 25 heavy (non-hydrogen) atoms. The number of nitrogens with one attached hydrogen (secondary N) is 1. The third kappa shape index (κ3) is 3.37. The van der Waals surface area contributed by atoms with E-state index in [0.717, 1.165) is 40.0 Å². The predicted octanol–water partition coefficient (Wildman–Crippen LogP) is 2.91. The van der Waals surface area contributed by atoms with Crippen LogP contribution < -0.4 is 10.6 Å². The Morgan fingerprint density at radius 2 is 2.08 bits per heavy atom. The van der Waals surface area contributed by atoms with Crippen LogP contribution in [0, 0.1) is 10.9 Å². The maximum absolute atomic E-state index is 10.1. The molecule has 0 atom stereocenters. The second-order valence-electron chi connectivity index (χ2n) is 6.52. The van der Waals surface area contributed by atoms with Crippen LogP contribution in [-0.2, 0) is 0 Å². The van der Waals surface area contributed by atoms with E-state index < -0.39 is 0 Å². The molecule has 2 aliphatic rings. The first-order valence-electron chi connectivity index (χ1n) is 8.53. The van der Waals surface area contributed by atoms with Gasteiger partial charge in [0.25, 0.3) is 0 Å². The van der Waals surface area contributed by atoms with Gasteiger partial charge >= 0.3 is 5.84 Å². The zero-order valence-electron chi connectivity index (χ0n) is 14.1. The molecular weight excluding hydrogens is 350 g/mol. The number of hydrogen-bond donors (Lipinski definition) is 2. The van der Waals surface area contributed by atoms with Crippen LogP contribution in [0.2, 0.25) is 0 Å². The molecule has 128 valence electrons. The number of amidine groups is 1. The largest absolute Gasteiger partial charge is 0.494 e. The van der Waals surface area contributed by atoms with E-state index in [9.17, 15) is 5.11 Å². The highest BCUT2D eigenvalue weighted by Gasteiger charge is 2.23. The van der Waals surface area contributed by atoms with Gasteiger partial charge in [0, 0.05) is 5.22 Å². The zero-order valence-corrected chi connectivity index (χ0v) is 15.7. The van der Waals surface area contributed by atoms with Gasteiger partial charge in [0.05, 0.1) is 23.5 Å². The molecule has 2 N–H and O–H groups in total. The lowest BCUT2D eigenvalue weighted by Crippen LogP contribution is -2.36. The molecule has 1 aromatic heterocycles. The topological polar surface area (TPSA) is 51.4 Å². The van der Waals surface area contributed by atoms with E-state index in [0.29, 0.717) is 3.95 Å². The molecule has 4 nitrogen and oxygen atoms in total. The van der Waals surface area contributed by atoms with Gasteiger partial charge in [0.1, 0.15) is 0 Å². The van der Waals surface area contributed by atoms with Crippen molar-refractivity contribution in [1.82, 2.24) is 4.98 Å². The van der Waals surface area contributed by atoms with E-state index >= 15 is 0 Å². The smallest absolute Gasteiger partial charge is 0.326 e. The van der Waals surface area contributed by atoms with Crippen molar-refractivity contribution in [2.24, 2.45) is 4.99 Å². The number of aromatic hydroxyl groups is 1. The minimum atomic E-state index is 0.129. The summed E-state index contributed by atoms with van der Waals surface area (Å²) in [5, 5.41) is 12.2. The number of thiazole rings is 1. The Labute approximate surface area is 155 Å². The number of aromatic nitrogens is 1. The summed E-state index contributed by atoms with van der Waals surface area (Å²) in [5.41, 5.74) is 2.24. The third-order valence-electron chi connectivity index (χ3n) is 4.58. The van der Waals surface area contributed by atoms with Crippen LogP contribution in [0.15, 0.2) is 28.8 Å². The Balaban J connectivity index is 1.94. The maximum Gasteiger partial charge on any atom is 0.326 e. The molecule has 0 aliphatic carbocycles. The Hall–Kier alpha value is -2.05. The van der Waals surface area contributed by atoms with E-state index in [1.807, 2.05) is 6.08 Å². The minimum absolute atomic E-state index is 0.129.